The van der Waals surface area contributed by atoms with Crippen molar-refractivity contribution in [1.82, 2.24) is 10.6 Å². The van der Waals surface area contributed by atoms with Crippen LogP contribution in [0.4, 0.5) is 0 Å². The largest absolute Gasteiger partial charge is 0.353 e. The first-order valence-corrected chi connectivity index (χ1v) is 7.97. The summed E-state index contributed by atoms with van der Waals surface area (Å²) in [7, 11) is 0. The topological polar surface area (TPSA) is 58.2 Å². The summed E-state index contributed by atoms with van der Waals surface area (Å²) in [6, 6.07) is 10.1. The summed E-state index contributed by atoms with van der Waals surface area (Å²) in [5.74, 6) is -0.127. The number of carbonyl (C=O) groups excluding carboxylic acids is 2. The molecule has 1 aliphatic rings. The van der Waals surface area contributed by atoms with E-state index in [4.69, 9.17) is 0 Å². The summed E-state index contributed by atoms with van der Waals surface area (Å²) in [5, 5.41) is 6.00. The number of rotatable bonds is 2. The van der Waals surface area contributed by atoms with Crippen LogP contribution in [0, 0.1) is 0 Å². The molecule has 0 aliphatic carbocycles. The van der Waals surface area contributed by atoms with Gasteiger partial charge in [0.25, 0.3) is 0 Å². The Morgan fingerprint density at radius 1 is 0.955 bits per heavy atom. The highest BCUT2D eigenvalue weighted by molar-refractivity contribution is 5.84. The Labute approximate surface area is 132 Å². The second-order valence-corrected chi connectivity index (χ2v) is 5.65. The Kier molecular flexibility index (Phi) is 6.19. The van der Waals surface area contributed by atoms with E-state index in [0.717, 1.165) is 24.8 Å². The minimum absolute atomic E-state index is 0.0347. The number of nitrogens with one attached hydrogen (secondary N) is 2. The summed E-state index contributed by atoms with van der Waals surface area (Å²) in [4.78, 5) is 23.9. The molecule has 0 fully saturated rings. The third kappa shape index (κ3) is 5.02. The second-order valence-electron chi connectivity index (χ2n) is 5.65. The third-order valence-electron chi connectivity index (χ3n) is 3.93. The molecule has 2 N–H and O–H groups in total. The number of carbonyl (C=O) groups is 2. The van der Waals surface area contributed by atoms with Gasteiger partial charge in [-0.1, -0.05) is 49.4 Å². The molecule has 2 atom stereocenters. The second kappa shape index (κ2) is 8.37. The minimum Gasteiger partial charge on any atom is -0.353 e. The summed E-state index contributed by atoms with van der Waals surface area (Å²) >= 11 is 0. The molecule has 0 saturated heterocycles. The van der Waals surface area contributed by atoms with Crippen LogP contribution in [0.5, 0.6) is 0 Å². The van der Waals surface area contributed by atoms with E-state index in [1.54, 1.807) is 0 Å². The van der Waals surface area contributed by atoms with E-state index >= 15 is 0 Å². The van der Waals surface area contributed by atoms with Gasteiger partial charge < -0.3 is 10.6 Å². The van der Waals surface area contributed by atoms with Crippen LogP contribution in [0.25, 0.3) is 0 Å². The van der Waals surface area contributed by atoms with Crippen LogP contribution in [0.15, 0.2) is 42.5 Å². The van der Waals surface area contributed by atoms with Gasteiger partial charge in [-0.05, 0) is 24.8 Å². The first-order valence-electron chi connectivity index (χ1n) is 7.97. The molecule has 0 aromatic heterocycles. The van der Waals surface area contributed by atoms with Gasteiger partial charge in [0, 0.05) is 18.9 Å². The lowest BCUT2D eigenvalue weighted by Gasteiger charge is -2.20. The van der Waals surface area contributed by atoms with Crippen molar-refractivity contribution in [3.63, 3.8) is 0 Å². The summed E-state index contributed by atoms with van der Waals surface area (Å²) in [5.41, 5.74) is 1.09. The third-order valence-corrected chi connectivity index (χ3v) is 3.93. The first kappa shape index (κ1) is 16.3. The van der Waals surface area contributed by atoms with Crippen molar-refractivity contribution >= 4 is 11.8 Å². The number of hydrogen-bond donors (Lipinski definition) is 2. The van der Waals surface area contributed by atoms with Gasteiger partial charge >= 0.3 is 0 Å². The molecule has 1 heterocycles. The van der Waals surface area contributed by atoms with Gasteiger partial charge in [0.05, 0.1) is 6.04 Å². The lowest BCUT2D eigenvalue weighted by molar-refractivity contribution is -0.127. The van der Waals surface area contributed by atoms with Crippen LogP contribution in [0.3, 0.4) is 0 Å². The van der Waals surface area contributed by atoms with Crippen LogP contribution in [0.1, 0.15) is 50.6 Å². The molecule has 4 nitrogen and oxygen atoms in total. The Morgan fingerprint density at radius 2 is 1.59 bits per heavy atom. The molecule has 1 aromatic carbocycles. The van der Waals surface area contributed by atoms with Gasteiger partial charge in [0.1, 0.15) is 0 Å². The fraction of sp³-hybridized carbons (Fsp3) is 0.444. The highest BCUT2D eigenvalue weighted by atomic mass is 16.2. The quantitative estimate of drug-likeness (QED) is 0.825. The standard InChI is InChI=1S/C18H24N2O2/c1-2-15-10-6-7-11-16(14-8-4-3-5-9-14)20-18(22)13-12-17(21)19-15/h3-9,15-16H,2,10-13H2,1H3,(H,19,21)(H,20,22)/b7-6-/t15-,16+/m1/s1. The molecule has 0 spiro atoms. The van der Waals surface area contributed by atoms with Gasteiger partial charge in [-0.3, -0.25) is 9.59 Å². The maximum atomic E-state index is 12.1. The summed E-state index contributed by atoms with van der Waals surface area (Å²) < 4.78 is 0. The molecule has 1 aliphatic heterocycles. The fourth-order valence-electron chi connectivity index (χ4n) is 2.58. The van der Waals surface area contributed by atoms with Crippen LogP contribution >= 0.6 is 0 Å². The number of benzene rings is 1. The van der Waals surface area contributed by atoms with Crippen molar-refractivity contribution < 1.29 is 9.59 Å². The number of hydrogen-bond acceptors (Lipinski definition) is 2. The molecule has 0 saturated carbocycles. The Hall–Kier alpha value is -2.10. The molecular formula is C18H24N2O2. The van der Waals surface area contributed by atoms with Gasteiger partial charge in [-0.2, -0.15) is 0 Å². The molecule has 0 radical (unpaired) electrons. The van der Waals surface area contributed by atoms with Gasteiger partial charge in [0.15, 0.2) is 0 Å². The highest BCUT2D eigenvalue weighted by Gasteiger charge is 2.16. The average Bonchev–Trinajstić information content (AvgIpc) is 2.54. The predicted octanol–water partition coefficient (Wildman–Crippen LogP) is 2.87. The van der Waals surface area contributed by atoms with Gasteiger partial charge in [0.2, 0.25) is 11.8 Å². The van der Waals surface area contributed by atoms with Crippen molar-refractivity contribution in [3.8, 4) is 0 Å². The van der Waals surface area contributed by atoms with E-state index in [9.17, 15) is 9.59 Å². The van der Waals surface area contributed by atoms with E-state index in [1.165, 1.54) is 0 Å². The molecular weight excluding hydrogens is 276 g/mol. The zero-order valence-corrected chi connectivity index (χ0v) is 13.0. The van der Waals surface area contributed by atoms with Crippen LogP contribution in [-0.2, 0) is 9.59 Å². The maximum Gasteiger partial charge on any atom is 0.221 e. The molecule has 0 unspecified atom stereocenters. The van der Waals surface area contributed by atoms with Crippen LogP contribution in [0.2, 0.25) is 0 Å². The zero-order valence-electron chi connectivity index (χ0n) is 13.0. The maximum absolute atomic E-state index is 12.1. The van der Waals surface area contributed by atoms with E-state index in [2.05, 4.69) is 29.7 Å². The van der Waals surface area contributed by atoms with E-state index < -0.39 is 0 Å². The van der Waals surface area contributed by atoms with Crippen LogP contribution in [-0.4, -0.2) is 17.9 Å². The van der Waals surface area contributed by atoms with E-state index in [1.807, 2.05) is 30.3 Å². The molecule has 22 heavy (non-hydrogen) atoms. The fourth-order valence-corrected chi connectivity index (χ4v) is 2.58. The van der Waals surface area contributed by atoms with E-state index in [0.29, 0.717) is 0 Å². The van der Waals surface area contributed by atoms with Gasteiger partial charge in [-0.25, -0.2) is 0 Å². The van der Waals surface area contributed by atoms with Crippen molar-refractivity contribution in [2.75, 3.05) is 0 Å². The molecule has 2 rings (SSSR count). The molecule has 0 bridgehead atoms. The van der Waals surface area contributed by atoms with E-state index in [-0.39, 0.29) is 36.7 Å². The summed E-state index contributed by atoms with van der Waals surface area (Å²) in [6.07, 6.45) is 7.15. The predicted molar refractivity (Wildman–Crippen MR) is 87.2 cm³/mol. The Balaban J connectivity index is 2.12. The molecule has 118 valence electrons. The van der Waals surface area contributed by atoms with Gasteiger partial charge in [-0.15, -0.1) is 0 Å². The molecule has 2 amide bonds. The first-order chi connectivity index (χ1) is 10.7. The van der Waals surface area contributed by atoms with Crippen molar-refractivity contribution in [3.05, 3.63) is 48.0 Å². The monoisotopic (exact) mass is 300 g/mol. The SMILES string of the molecule is CC[C@@H]1C/C=C\C[C@@H](c2ccccc2)NC(=O)CCC(=O)N1. The Bertz CT molecular complexity index is 525. The van der Waals surface area contributed by atoms with Crippen LogP contribution < -0.4 is 10.6 Å². The zero-order chi connectivity index (χ0) is 15.8. The van der Waals surface area contributed by atoms with Crippen molar-refractivity contribution in [2.45, 2.75) is 51.1 Å². The van der Waals surface area contributed by atoms with Crippen molar-refractivity contribution in [2.24, 2.45) is 0 Å². The average molecular weight is 300 g/mol. The van der Waals surface area contributed by atoms with Crippen molar-refractivity contribution in [1.29, 1.82) is 0 Å². The minimum atomic E-state index is -0.0778. The summed E-state index contributed by atoms with van der Waals surface area (Å²) in [6.45, 7) is 2.06. The molecule has 1 aromatic rings. The number of amides is 2. The highest BCUT2D eigenvalue weighted by Crippen LogP contribution is 2.18. The molecule has 4 heteroatoms. The normalized spacial score (nSPS) is 25.3. The Morgan fingerprint density at radius 3 is 2.27 bits per heavy atom. The lowest BCUT2D eigenvalue weighted by atomic mass is 10.0. The lowest BCUT2D eigenvalue weighted by Crippen LogP contribution is -2.36. The smallest absolute Gasteiger partial charge is 0.221 e.